The molecule has 1 heterocycles. The summed E-state index contributed by atoms with van der Waals surface area (Å²) in [6.45, 7) is 8.88. The number of hydrogen-bond acceptors (Lipinski definition) is 5. The van der Waals surface area contributed by atoms with E-state index in [-0.39, 0.29) is 12.1 Å². The number of hydrogen-bond donors (Lipinski definition) is 1. The van der Waals surface area contributed by atoms with E-state index in [0.717, 1.165) is 11.1 Å². The second kappa shape index (κ2) is 6.48. The Morgan fingerprint density at radius 1 is 1.32 bits per heavy atom. The zero-order valence-corrected chi connectivity index (χ0v) is 13.2. The Bertz CT molecular complexity index is 557. The molecule has 0 unspecified atom stereocenters. The number of carbonyl (C=O) groups is 2. The minimum Gasteiger partial charge on any atom is -0.458 e. The van der Waals surface area contributed by atoms with Crippen molar-refractivity contribution in [2.45, 2.75) is 51.9 Å². The highest BCUT2D eigenvalue weighted by Gasteiger charge is 2.42. The lowest BCUT2D eigenvalue weighted by molar-refractivity contribution is -0.144. The van der Waals surface area contributed by atoms with Gasteiger partial charge in [0.05, 0.1) is 12.0 Å². The molecule has 1 saturated heterocycles. The van der Waals surface area contributed by atoms with Crippen molar-refractivity contribution in [1.82, 2.24) is 0 Å². The van der Waals surface area contributed by atoms with Gasteiger partial charge >= 0.3 is 11.9 Å². The lowest BCUT2D eigenvalue weighted by Crippen LogP contribution is -2.29. The van der Waals surface area contributed by atoms with E-state index in [1.807, 2.05) is 26.0 Å². The van der Waals surface area contributed by atoms with Gasteiger partial charge in [-0.1, -0.05) is 17.7 Å². The number of esters is 2. The fraction of sp³-hybridized carbons (Fsp3) is 0.529. The second-order valence-corrected chi connectivity index (χ2v) is 6.07. The van der Waals surface area contributed by atoms with Gasteiger partial charge in [0.15, 0.2) is 0 Å². The Hall–Kier alpha value is -1.88. The smallest absolute Gasteiger partial charge is 0.334 e. The molecule has 4 atom stereocenters. The molecule has 5 nitrogen and oxygen atoms in total. The zero-order valence-electron chi connectivity index (χ0n) is 13.2. The van der Waals surface area contributed by atoms with Crippen molar-refractivity contribution in [2.24, 2.45) is 5.92 Å². The van der Waals surface area contributed by atoms with Gasteiger partial charge in [-0.2, -0.15) is 0 Å². The van der Waals surface area contributed by atoms with Gasteiger partial charge in [-0.25, -0.2) is 4.79 Å². The molecule has 120 valence electrons. The van der Waals surface area contributed by atoms with Crippen molar-refractivity contribution in [3.05, 3.63) is 35.5 Å². The van der Waals surface area contributed by atoms with Crippen LogP contribution in [-0.4, -0.2) is 35.4 Å². The second-order valence-electron chi connectivity index (χ2n) is 6.07. The fourth-order valence-electron chi connectivity index (χ4n) is 3.05. The summed E-state index contributed by atoms with van der Waals surface area (Å²) in [5, 5.41) is 10.4. The van der Waals surface area contributed by atoms with Crippen molar-refractivity contribution in [2.75, 3.05) is 0 Å². The van der Waals surface area contributed by atoms with Gasteiger partial charge in [-0.3, -0.25) is 4.79 Å². The van der Waals surface area contributed by atoms with Crippen LogP contribution in [0.15, 0.2) is 35.5 Å². The molecule has 0 saturated carbocycles. The van der Waals surface area contributed by atoms with Crippen molar-refractivity contribution in [3.63, 3.8) is 0 Å². The number of aliphatic hydroxyl groups excluding tert-OH is 1. The lowest BCUT2D eigenvalue weighted by Gasteiger charge is -2.24. The van der Waals surface area contributed by atoms with Crippen LogP contribution in [0.1, 0.15) is 33.6 Å². The van der Waals surface area contributed by atoms with Gasteiger partial charge in [-0.15, -0.1) is 0 Å². The third kappa shape index (κ3) is 3.65. The van der Waals surface area contributed by atoms with Crippen LogP contribution >= 0.6 is 0 Å². The summed E-state index contributed by atoms with van der Waals surface area (Å²) in [4.78, 5) is 22.9. The molecule has 0 aromatic carbocycles. The first-order chi connectivity index (χ1) is 10.3. The third-order valence-corrected chi connectivity index (χ3v) is 3.97. The Labute approximate surface area is 130 Å². The van der Waals surface area contributed by atoms with Crippen LogP contribution in [0, 0.1) is 5.92 Å². The number of ether oxygens (including phenoxy) is 2. The molecule has 2 rings (SSSR count). The molecule has 1 aliphatic carbocycles. The first kappa shape index (κ1) is 16.5. The standard InChI is InChI=1S/C17H22O5/c1-9-5-13(21-12(4)18)6-10(2)8-15-16(14(19)7-9)11(3)17(20)22-15/h5,8,13-16,19H,3,6-7H2,1-2,4H3/b9-5+,10-8-/t13-,14-,15+,16-/m0/s1. The largest absolute Gasteiger partial charge is 0.458 e. The first-order valence-electron chi connectivity index (χ1n) is 7.37. The quantitative estimate of drug-likeness (QED) is 0.456. The Balaban J connectivity index is 2.33. The van der Waals surface area contributed by atoms with Crippen LogP contribution in [-0.2, 0) is 19.1 Å². The molecule has 0 radical (unpaired) electrons. The van der Waals surface area contributed by atoms with Crippen molar-refractivity contribution in [1.29, 1.82) is 0 Å². The topological polar surface area (TPSA) is 72.8 Å². The predicted octanol–water partition coefficient (Wildman–Crippen LogP) is 2.06. The Morgan fingerprint density at radius 2 is 1.95 bits per heavy atom. The van der Waals surface area contributed by atoms with E-state index in [4.69, 9.17) is 9.47 Å². The van der Waals surface area contributed by atoms with Gasteiger partial charge in [0, 0.05) is 18.9 Å². The fourth-order valence-corrected chi connectivity index (χ4v) is 3.05. The molecule has 1 fully saturated rings. The van der Waals surface area contributed by atoms with Crippen LogP contribution in [0.5, 0.6) is 0 Å². The molecule has 1 aliphatic heterocycles. The molecule has 0 aromatic rings. The minimum atomic E-state index is -0.764. The molecular formula is C17H22O5. The van der Waals surface area contributed by atoms with E-state index >= 15 is 0 Å². The van der Waals surface area contributed by atoms with Crippen LogP contribution in [0.3, 0.4) is 0 Å². The van der Waals surface area contributed by atoms with Crippen molar-refractivity contribution in [3.8, 4) is 0 Å². The van der Waals surface area contributed by atoms with E-state index in [9.17, 15) is 14.7 Å². The third-order valence-electron chi connectivity index (χ3n) is 3.97. The summed E-state index contributed by atoms with van der Waals surface area (Å²) in [6.07, 6.45) is 2.91. The average molecular weight is 306 g/mol. The predicted molar refractivity (Wildman–Crippen MR) is 80.8 cm³/mol. The van der Waals surface area contributed by atoms with E-state index in [0.29, 0.717) is 18.4 Å². The summed E-state index contributed by atoms with van der Waals surface area (Å²) in [7, 11) is 0. The van der Waals surface area contributed by atoms with Crippen LogP contribution in [0.25, 0.3) is 0 Å². The SMILES string of the molecule is C=C1C(=O)O[C@@H]2/C=C(/C)C[C@@H](OC(C)=O)/C=C(\C)C[C@H](O)[C@H]12. The van der Waals surface area contributed by atoms with Crippen LogP contribution in [0.2, 0.25) is 0 Å². The Morgan fingerprint density at radius 3 is 2.59 bits per heavy atom. The molecule has 2 aliphatic rings. The van der Waals surface area contributed by atoms with Crippen molar-refractivity contribution < 1.29 is 24.2 Å². The van der Waals surface area contributed by atoms with Gasteiger partial charge in [-0.05, 0) is 32.4 Å². The number of aliphatic hydroxyl groups is 1. The molecule has 22 heavy (non-hydrogen) atoms. The molecule has 0 bridgehead atoms. The van der Waals surface area contributed by atoms with E-state index in [1.165, 1.54) is 6.92 Å². The highest BCUT2D eigenvalue weighted by molar-refractivity contribution is 5.91. The van der Waals surface area contributed by atoms with E-state index < -0.39 is 24.1 Å². The van der Waals surface area contributed by atoms with Crippen LogP contribution in [0.4, 0.5) is 0 Å². The summed E-state index contributed by atoms with van der Waals surface area (Å²) in [6, 6.07) is 0. The number of carbonyl (C=O) groups excluding carboxylic acids is 2. The highest BCUT2D eigenvalue weighted by Crippen LogP contribution is 2.34. The van der Waals surface area contributed by atoms with Crippen LogP contribution < -0.4 is 0 Å². The first-order valence-corrected chi connectivity index (χ1v) is 7.37. The number of rotatable bonds is 1. The Kier molecular flexibility index (Phi) is 4.86. The van der Waals surface area contributed by atoms with Gasteiger partial charge < -0.3 is 14.6 Å². The monoisotopic (exact) mass is 306 g/mol. The van der Waals surface area contributed by atoms with Gasteiger partial charge in [0.25, 0.3) is 0 Å². The molecule has 0 aromatic heterocycles. The highest BCUT2D eigenvalue weighted by atomic mass is 16.6. The molecular weight excluding hydrogens is 284 g/mol. The maximum absolute atomic E-state index is 11.7. The minimum absolute atomic E-state index is 0.312. The van der Waals surface area contributed by atoms with Gasteiger partial charge in [0.2, 0.25) is 0 Å². The molecule has 0 spiro atoms. The van der Waals surface area contributed by atoms with E-state index in [2.05, 4.69) is 6.58 Å². The van der Waals surface area contributed by atoms with Gasteiger partial charge in [0.1, 0.15) is 12.2 Å². The summed E-state index contributed by atoms with van der Waals surface area (Å²) < 4.78 is 10.6. The average Bonchev–Trinajstić information content (AvgIpc) is 2.62. The molecule has 0 amide bonds. The maximum atomic E-state index is 11.7. The molecule has 1 N–H and O–H groups in total. The zero-order chi connectivity index (χ0) is 16.4. The van der Waals surface area contributed by atoms with E-state index in [1.54, 1.807) is 0 Å². The lowest BCUT2D eigenvalue weighted by atomic mass is 9.85. The summed E-state index contributed by atoms with van der Waals surface area (Å²) in [5.41, 5.74) is 2.15. The number of fused-ring (bicyclic) bond motifs is 1. The van der Waals surface area contributed by atoms with Crippen molar-refractivity contribution >= 4 is 11.9 Å². The maximum Gasteiger partial charge on any atom is 0.334 e. The summed E-state index contributed by atoms with van der Waals surface area (Å²) in [5.74, 6) is -1.25. The normalized spacial score (nSPS) is 37.3. The summed E-state index contributed by atoms with van der Waals surface area (Å²) >= 11 is 0. The molecule has 5 heteroatoms.